The molecule has 3 nitrogen and oxygen atoms in total. The fourth-order valence-corrected chi connectivity index (χ4v) is 8.38. The van der Waals surface area contributed by atoms with Gasteiger partial charge in [-0.05, 0) is 40.1 Å². The van der Waals surface area contributed by atoms with Gasteiger partial charge in [0, 0.05) is 36.3 Å². The van der Waals surface area contributed by atoms with Crippen LogP contribution in [0.3, 0.4) is 0 Å². The lowest BCUT2D eigenvalue weighted by atomic mass is 9.97. The minimum atomic E-state index is 0.240. The van der Waals surface area contributed by atoms with Gasteiger partial charge < -0.3 is 10.6 Å². The molecule has 0 radical (unpaired) electrons. The summed E-state index contributed by atoms with van der Waals surface area (Å²) in [6.07, 6.45) is 8.78. The molecule has 40 heavy (non-hydrogen) atoms. The van der Waals surface area contributed by atoms with Crippen LogP contribution in [0.2, 0.25) is 0 Å². The van der Waals surface area contributed by atoms with Crippen LogP contribution in [0.5, 0.6) is 0 Å². The fourth-order valence-electron chi connectivity index (χ4n) is 7.23. The van der Waals surface area contributed by atoms with Crippen LogP contribution in [0.15, 0.2) is 115 Å². The first-order valence-corrected chi connectivity index (χ1v) is 14.7. The Kier molecular flexibility index (Phi) is 3.92. The van der Waals surface area contributed by atoms with Crippen LogP contribution in [0, 0.1) is 0 Å². The minimum absolute atomic E-state index is 0.240. The Hall–Kier alpha value is -4.80. The third-order valence-corrected chi connectivity index (χ3v) is 10.1. The summed E-state index contributed by atoms with van der Waals surface area (Å²) < 4.78 is 5.13. The Balaban J connectivity index is 1.26. The van der Waals surface area contributed by atoms with Crippen molar-refractivity contribution in [1.82, 2.24) is 4.40 Å². The van der Waals surface area contributed by atoms with Gasteiger partial charge in [0.15, 0.2) is 0 Å². The molecule has 2 aliphatic rings. The Morgan fingerprint density at radius 3 is 2.38 bits per heavy atom. The largest absolute Gasteiger partial charge is 0.373 e. The van der Waals surface area contributed by atoms with Gasteiger partial charge in [0.2, 0.25) is 0 Å². The molecule has 4 heteroatoms. The number of thiophene rings is 1. The first-order valence-electron chi connectivity index (χ1n) is 13.9. The molecule has 3 aromatic heterocycles. The average molecular weight is 530 g/mol. The Morgan fingerprint density at radius 2 is 1.43 bits per heavy atom. The summed E-state index contributed by atoms with van der Waals surface area (Å²) in [5.74, 6) is 1.17. The van der Waals surface area contributed by atoms with Crippen molar-refractivity contribution in [2.24, 2.45) is 0 Å². The molecule has 0 saturated carbocycles. The number of hydrogen-bond acceptors (Lipinski definition) is 3. The molecule has 4 heterocycles. The first-order chi connectivity index (χ1) is 19.8. The van der Waals surface area contributed by atoms with Gasteiger partial charge in [-0.2, -0.15) is 0 Å². The van der Waals surface area contributed by atoms with Crippen LogP contribution in [-0.4, -0.2) is 16.5 Å². The summed E-state index contributed by atoms with van der Waals surface area (Å²) in [5.41, 5.74) is 6.33. The maximum absolute atomic E-state index is 3.87. The van der Waals surface area contributed by atoms with Crippen molar-refractivity contribution in [3.8, 4) is 11.1 Å². The van der Waals surface area contributed by atoms with Gasteiger partial charge in [-0.25, -0.2) is 0 Å². The highest BCUT2D eigenvalue weighted by Gasteiger charge is 2.31. The number of aromatic nitrogens is 1. The summed E-state index contributed by atoms with van der Waals surface area (Å²) in [7, 11) is 0. The van der Waals surface area contributed by atoms with Gasteiger partial charge in [0.05, 0.1) is 28.8 Å². The van der Waals surface area contributed by atoms with E-state index in [2.05, 4.69) is 130 Å². The lowest BCUT2D eigenvalue weighted by Gasteiger charge is -2.33. The number of allylic oxidation sites excluding steroid dienone is 2. The predicted octanol–water partition coefficient (Wildman–Crippen LogP) is 9.57. The highest BCUT2D eigenvalue weighted by molar-refractivity contribution is 7.26. The molecule has 1 aliphatic heterocycles. The summed E-state index contributed by atoms with van der Waals surface area (Å²) >= 11 is 1.90. The molecule has 0 bridgehead atoms. The van der Waals surface area contributed by atoms with Crippen LogP contribution in [-0.2, 0) is 0 Å². The normalized spacial score (nSPS) is 18.2. The van der Waals surface area contributed by atoms with Crippen molar-refractivity contribution in [1.29, 1.82) is 0 Å². The zero-order valence-corrected chi connectivity index (χ0v) is 22.3. The molecule has 0 saturated heterocycles. The predicted molar refractivity (Wildman–Crippen MR) is 173 cm³/mol. The second-order valence-corrected chi connectivity index (χ2v) is 12.1. The van der Waals surface area contributed by atoms with Gasteiger partial charge in [-0.15, -0.1) is 11.3 Å². The summed E-state index contributed by atoms with van der Waals surface area (Å²) in [4.78, 5) is 0. The minimum Gasteiger partial charge on any atom is -0.373 e. The fraction of sp³-hybridized carbons (Fsp3) is 0.0556. The van der Waals surface area contributed by atoms with E-state index in [4.69, 9.17) is 0 Å². The number of para-hydroxylation sites is 1. The Morgan fingerprint density at radius 1 is 0.625 bits per heavy atom. The molecule has 8 aromatic rings. The van der Waals surface area contributed by atoms with E-state index < -0.39 is 0 Å². The van der Waals surface area contributed by atoms with Gasteiger partial charge in [-0.1, -0.05) is 97.1 Å². The first kappa shape index (κ1) is 21.1. The van der Waals surface area contributed by atoms with Crippen molar-refractivity contribution >= 4 is 81.0 Å². The summed E-state index contributed by atoms with van der Waals surface area (Å²) in [6, 6.07) is 34.2. The molecular formula is C36H23N3S. The maximum atomic E-state index is 3.87. The monoisotopic (exact) mass is 529 g/mol. The zero-order chi connectivity index (χ0) is 25.9. The van der Waals surface area contributed by atoms with Crippen LogP contribution >= 0.6 is 11.3 Å². The average Bonchev–Trinajstić information content (AvgIpc) is 3.65. The molecule has 5 aromatic carbocycles. The van der Waals surface area contributed by atoms with Gasteiger partial charge in [0.25, 0.3) is 0 Å². The third-order valence-electron chi connectivity index (χ3n) is 8.97. The van der Waals surface area contributed by atoms with Gasteiger partial charge in [-0.3, -0.25) is 4.40 Å². The van der Waals surface area contributed by atoms with E-state index in [0.29, 0.717) is 0 Å². The number of anilines is 2. The van der Waals surface area contributed by atoms with Crippen LogP contribution in [0.1, 0.15) is 0 Å². The SMILES string of the molecule is C1=CC2Nc3c(n4c5ccc6sc7cc(-c8cccc9ccccc89)ccc7c6c5c5cccc3c54)NC2C=C1. The van der Waals surface area contributed by atoms with E-state index >= 15 is 0 Å². The molecule has 2 unspecified atom stereocenters. The lowest BCUT2D eigenvalue weighted by Crippen LogP contribution is -2.41. The second kappa shape index (κ2) is 7.44. The Bertz CT molecular complexity index is 2400. The van der Waals surface area contributed by atoms with E-state index in [0.717, 1.165) is 0 Å². The van der Waals surface area contributed by atoms with Crippen molar-refractivity contribution in [2.45, 2.75) is 12.1 Å². The molecule has 188 valence electrons. The molecule has 0 spiro atoms. The number of rotatable bonds is 1. The molecule has 1 aliphatic carbocycles. The quantitative estimate of drug-likeness (QED) is 0.222. The van der Waals surface area contributed by atoms with E-state index in [-0.39, 0.29) is 12.1 Å². The number of hydrogen-bond donors (Lipinski definition) is 2. The number of fused-ring (bicyclic) bond motifs is 12. The molecule has 0 fully saturated rings. The molecule has 2 atom stereocenters. The molecule has 2 N–H and O–H groups in total. The summed E-state index contributed by atoms with van der Waals surface area (Å²) in [6.45, 7) is 0. The highest BCUT2D eigenvalue weighted by Crippen LogP contribution is 2.49. The van der Waals surface area contributed by atoms with Crippen molar-refractivity contribution < 1.29 is 0 Å². The van der Waals surface area contributed by atoms with Crippen molar-refractivity contribution in [2.75, 3.05) is 10.6 Å². The van der Waals surface area contributed by atoms with Crippen molar-refractivity contribution in [3.63, 3.8) is 0 Å². The van der Waals surface area contributed by atoms with Crippen molar-refractivity contribution in [3.05, 3.63) is 115 Å². The molecule has 10 rings (SSSR count). The smallest absolute Gasteiger partial charge is 0.136 e. The highest BCUT2D eigenvalue weighted by atomic mass is 32.1. The molecule has 0 amide bonds. The van der Waals surface area contributed by atoms with Crippen LogP contribution in [0.25, 0.3) is 69.3 Å². The zero-order valence-electron chi connectivity index (χ0n) is 21.5. The van der Waals surface area contributed by atoms with E-state index in [1.54, 1.807) is 0 Å². The van der Waals surface area contributed by atoms with Gasteiger partial charge in [0.1, 0.15) is 5.82 Å². The van der Waals surface area contributed by atoms with Crippen LogP contribution < -0.4 is 10.6 Å². The van der Waals surface area contributed by atoms with E-state index in [9.17, 15) is 0 Å². The standard InChI is InChI=1S/C36H23N3S/c1-2-9-22-20(7-1)8-5-10-23(22)21-15-16-24-31(19-21)40-30-18-17-29-32(33(24)30)25-11-6-12-26-34-36(39(29)35(25)26)38-28-14-4-3-13-27(28)37-34/h1-19,27-28,37-38H. The summed E-state index contributed by atoms with van der Waals surface area (Å²) in [5, 5.41) is 16.9. The van der Waals surface area contributed by atoms with Gasteiger partial charge >= 0.3 is 0 Å². The van der Waals surface area contributed by atoms with E-state index in [1.165, 1.54) is 80.8 Å². The molecular weight excluding hydrogens is 506 g/mol. The third kappa shape index (κ3) is 2.59. The number of nitrogens with zero attached hydrogens (tertiary/aromatic N) is 1. The number of benzene rings is 5. The maximum Gasteiger partial charge on any atom is 0.136 e. The van der Waals surface area contributed by atoms with E-state index in [1.807, 2.05) is 11.3 Å². The second-order valence-electron chi connectivity index (χ2n) is 11.0. The van der Waals surface area contributed by atoms with Crippen LogP contribution in [0.4, 0.5) is 11.5 Å². The topological polar surface area (TPSA) is 28.5 Å². The Labute approximate surface area is 234 Å². The number of nitrogens with one attached hydrogen (secondary N) is 2. The lowest BCUT2D eigenvalue weighted by molar-refractivity contribution is 0.760.